The van der Waals surface area contributed by atoms with E-state index in [-0.39, 0.29) is 0 Å². The largest absolute Gasteiger partial charge is 0.254 e. The molecule has 0 spiro atoms. The maximum atomic E-state index is 4.59. The highest BCUT2D eigenvalue weighted by Crippen LogP contribution is 2.27. The summed E-state index contributed by atoms with van der Waals surface area (Å²) in [5.41, 5.74) is 3.89. The summed E-state index contributed by atoms with van der Waals surface area (Å²) in [6, 6.07) is 18.0. The van der Waals surface area contributed by atoms with Crippen LogP contribution in [-0.4, -0.2) is 12.4 Å². The Kier molecular flexibility index (Phi) is 5.05. The number of para-hydroxylation sites is 2. The van der Waals surface area contributed by atoms with Crippen molar-refractivity contribution in [2.24, 2.45) is 9.98 Å². The van der Waals surface area contributed by atoms with Gasteiger partial charge in [-0.3, -0.25) is 9.98 Å². The van der Waals surface area contributed by atoms with Gasteiger partial charge in [-0.15, -0.1) is 24.0 Å². The molecule has 4 heteroatoms. The highest BCUT2D eigenvalue weighted by molar-refractivity contribution is 7.80. The smallest absolute Gasteiger partial charge is 0.0886 e. The van der Waals surface area contributed by atoms with Gasteiger partial charge in [0.05, 0.1) is 11.4 Å². The zero-order valence-corrected chi connectivity index (χ0v) is 14.4. The number of aliphatic imine (C=N–C) groups is 2. The highest BCUT2D eigenvalue weighted by atomic mass is 32.1. The second kappa shape index (κ2) is 7.40. The van der Waals surface area contributed by atoms with E-state index in [0.29, 0.717) is 0 Å². The van der Waals surface area contributed by atoms with Gasteiger partial charge in [0, 0.05) is 27.8 Å². The average Bonchev–Trinajstić information content (AvgIpc) is 3.08. The molecule has 0 aliphatic rings. The number of nitrogens with zero attached hydrogens (tertiary/aromatic N) is 2. The van der Waals surface area contributed by atoms with Crippen LogP contribution in [0, 0.1) is 6.92 Å². The Bertz CT molecular complexity index is 850. The average molecular weight is 336 g/mol. The second-order valence-corrected chi connectivity index (χ2v) is 6.54. The van der Waals surface area contributed by atoms with E-state index < -0.39 is 0 Å². The van der Waals surface area contributed by atoms with Crippen LogP contribution >= 0.6 is 24.0 Å². The molecule has 3 aromatic rings. The molecule has 0 aliphatic heterocycles. The van der Waals surface area contributed by atoms with Gasteiger partial charge in [-0.25, -0.2) is 0 Å². The van der Waals surface area contributed by atoms with Gasteiger partial charge >= 0.3 is 0 Å². The molecule has 0 atom stereocenters. The van der Waals surface area contributed by atoms with Gasteiger partial charge in [-0.2, -0.15) is 0 Å². The van der Waals surface area contributed by atoms with Crippen LogP contribution in [0.5, 0.6) is 0 Å². The van der Waals surface area contributed by atoms with E-state index in [0.717, 1.165) is 26.7 Å². The maximum absolute atomic E-state index is 4.59. The topological polar surface area (TPSA) is 24.7 Å². The van der Waals surface area contributed by atoms with Crippen molar-refractivity contribution >= 4 is 47.8 Å². The Hall–Kier alpha value is -2.17. The lowest BCUT2D eigenvalue weighted by atomic mass is 10.1. The zero-order chi connectivity index (χ0) is 16.1. The molecule has 2 nitrogen and oxygen atoms in total. The lowest BCUT2D eigenvalue weighted by Gasteiger charge is -2.02. The lowest BCUT2D eigenvalue weighted by Crippen LogP contribution is -1.85. The van der Waals surface area contributed by atoms with Crippen LogP contribution in [-0.2, 0) is 0 Å². The van der Waals surface area contributed by atoms with Gasteiger partial charge in [0.25, 0.3) is 0 Å². The summed E-state index contributed by atoms with van der Waals surface area (Å²) in [5, 5.41) is 2.04. The fourth-order valence-corrected chi connectivity index (χ4v) is 2.88. The van der Waals surface area contributed by atoms with Gasteiger partial charge in [0.2, 0.25) is 0 Å². The van der Waals surface area contributed by atoms with E-state index in [1.54, 1.807) is 11.3 Å². The predicted molar refractivity (Wildman–Crippen MR) is 104 cm³/mol. The molecule has 0 amide bonds. The minimum atomic E-state index is 0.842. The van der Waals surface area contributed by atoms with Gasteiger partial charge in [-0.05, 0) is 42.6 Å². The van der Waals surface area contributed by atoms with Crippen molar-refractivity contribution < 1.29 is 0 Å². The SMILES string of the molecule is Cc1ccc(S)c(C=Nc2ccccc2N=Cc2cccs2)c1. The molecule has 2 aromatic carbocycles. The van der Waals surface area contributed by atoms with Gasteiger partial charge in [0.1, 0.15) is 0 Å². The summed E-state index contributed by atoms with van der Waals surface area (Å²) < 4.78 is 0. The Morgan fingerprint density at radius 2 is 1.65 bits per heavy atom. The first-order valence-corrected chi connectivity index (χ1v) is 8.55. The van der Waals surface area contributed by atoms with Crippen molar-refractivity contribution in [3.8, 4) is 0 Å². The zero-order valence-electron chi connectivity index (χ0n) is 12.7. The molecule has 1 heterocycles. The van der Waals surface area contributed by atoms with E-state index >= 15 is 0 Å². The summed E-state index contributed by atoms with van der Waals surface area (Å²) in [5.74, 6) is 0. The lowest BCUT2D eigenvalue weighted by molar-refractivity contribution is 1.36. The number of thiol groups is 1. The summed E-state index contributed by atoms with van der Waals surface area (Å²) in [6.45, 7) is 2.06. The van der Waals surface area contributed by atoms with E-state index in [1.165, 1.54) is 5.56 Å². The van der Waals surface area contributed by atoms with E-state index in [9.17, 15) is 0 Å². The summed E-state index contributed by atoms with van der Waals surface area (Å²) in [4.78, 5) is 11.2. The number of aryl methyl sites for hydroxylation is 1. The summed E-state index contributed by atoms with van der Waals surface area (Å²) >= 11 is 6.14. The van der Waals surface area contributed by atoms with Crippen LogP contribution in [0.15, 0.2) is 74.9 Å². The molecule has 114 valence electrons. The number of rotatable bonds is 4. The predicted octanol–water partition coefficient (Wildman–Crippen LogP) is 5.85. The molecule has 0 saturated heterocycles. The summed E-state index contributed by atoms with van der Waals surface area (Å²) in [7, 11) is 0. The third-order valence-corrected chi connectivity index (χ3v) is 4.50. The van der Waals surface area contributed by atoms with Crippen LogP contribution in [0.25, 0.3) is 0 Å². The van der Waals surface area contributed by atoms with E-state index in [4.69, 9.17) is 0 Å². The van der Waals surface area contributed by atoms with E-state index in [2.05, 4.69) is 35.6 Å². The first-order valence-electron chi connectivity index (χ1n) is 7.23. The van der Waals surface area contributed by atoms with Crippen molar-refractivity contribution in [1.82, 2.24) is 0 Å². The fraction of sp³-hybridized carbons (Fsp3) is 0.0526. The third kappa shape index (κ3) is 4.18. The molecule has 0 fully saturated rings. The minimum absolute atomic E-state index is 0.842. The van der Waals surface area contributed by atoms with Crippen molar-refractivity contribution in [3.05, 3.63) is 76.0 Å². The van der Waals surface area contributed by atoms with Crippen LogP contribution in [0.1, 0.15) is 16.0 Å². The molecule has 0 saturated carbocycles. The first kappa shape index (κ1) is 15.7. The minimum Gasteiger partial charge on any atom is -0.254 e. The number of hydrogen-bond donors (Lipinski definition) is 1. The van der Waals surface area contributed by atoms with Crippen LogP contribution in [0.3, 0.4) is 0 Å². The molecule has 0 bridgehead atoms. The molecule has 0 unspecified atom stereocenters. The molecule has 0 radical (unpaired) electrons. The van der Waals surface area contributed by atoms with Crippen LogP contribution in [0.2, 0.25) is 0 Å². The summed E-state index contributed by atoms with van der Waals surface area (Å²) in [6.07, 6.45) is 3.71. The Labute approximate surface area is 145 Å². The number of hydrogen-bond acceptors (Lipinski definition) is 4. The second-order valence-electron chi connectivity index (χ2n) is 5.08. The molecule has 1 aromatic heterocycles. The number of thiophene rings is 1. The Morgan fingerprint density at radius 1 is 0.913 bits per heavy atom. The van der Waals surface area contributed by atoms with Crippen molar-refractivity contribution in [3.63, 3.8) is 0 Å². The first-order chi connectivity index (χ1) is 11.2. The van der Waals surface area contributed by atoms with Crippen molar-refractivity contribution in [1.29, 1.82) is 0 Å². The van der Waals surface area contributed by atoms with Gasteiger partial charge in [-0.1, -0.05) is 29.8 Å². The fourth-order valence-electron chi connectivity index (χ4n) is 2.10. The molecular weight excluding hydrogens is 320 g/mol. The molecule has 0 aliphatic carbocycles. The molecule has 23 heavy (non-hydrogen) atoms. The molecular formula is C19H16N2S2. The number of benzene rings is 2. The normalized spacial score (nSPS) is 11.6. The monoisotopic (exact) mass is 336 g/mol. The Balaban J connectivity index is 1.88. The highest BCUT2D eigenvalue weighted by Gasteiger charge is 2.00. The molecule has 0 N–H and O–H groups in total. The Morgan fingerprint density at radius 3 is 2.35 bits per heavy atom. The van der Waals surface area contributed by atoms with E-state index in [1.807, 2.05) is 66.3 Å². The maximum Gasteiger partial charge on any atom is 0.0886 e. The molecule has 3 rings (SSSR count). The van der Waals surface area contributed by atoms with Gasteiger partial charge < -0.3 is 0 Å². The quantitative estimate of drug-likeness (QED) is 0.457. The van der Waals surface area contributed by atoms with Gasteiger partial charge in [0.15, 0.2) is 0 Å². The van der Waals surface area contributed by atoms with Crippen LogP contribution in [0.4, 0.5) is 11.4 Å². The van der Waals surface area contributed by atoms with Crippen molar-refractivity contribution in [2.75, 3.05) is 0 Å². The standard InChI is InChI=1S/C19H16N2S2/c1-14-8-9-19(22)15(11-14)12-20-17-6-2-3-7-18(17)21-13-16-5-4-10-23-16/h2-13,22H,1H3. The van der Waals surface area contributed by atoms with Crippen LogP contribution < -0.4 is 0 Å². The third-order valence-electron chi connectivity index (χ3n) is 3.28. The van der Waals surface area contributed by atoms with Crippen molar-refractivity contribution in [2.45, 2.75) is 11.8 Å².